The third-order valence-electron chi connectivity index (χ3n) is 1.47. The van der Waals surface area contributed by atoms with Crippen molar-refractivity contribution in [3.8, 4) is 0 Å². The molecule has 0 unspecified atom stereocenters. The topological polar surface area (TPSA) is 0 Å². The fraction of sp³-hybridized carbons (Fsp3) is 1.00. The molecule has 0 amide bonds. The van der Waals surface area contributed by atoms with Gasteiger partial charge in [0, 0.05) is 0 Å². The molecular formula is C7H16F2Si. The molecule has 0 bridgehead atoms. The van der Waals surface area contributed by atoms with Crippen LogP contribution in [-0.4, -0.2) is 8.74 Å². The monoisotopic (exact) mass is 166 g/mol. The van der Waals surface area contributed by atoms with E-state index in [4.69, 9.17) is 0 Å². The van der Waals surface area contributed by atoms with E-state index in [2.05, 4.69) is 6.92 Å². The largest absolute Gasteiger partial charge is 0.422 e. The molecule has 0 spiro atoms. The van der Waals surface area contributed by atoms with Gasteiger partial charge in [-0.25, -0.2) is 0 Å². The minimum Gasteiger partial charge on any atom is -0.271 e. The molecule has 0 fully saturated rings. The molecule has 0 aromatic heterocycles. The van der Waals surface area contributed by atoms with Gasteiger partial charge in [0.05, 0.1) is 0 Å². The van der Waals surface area contributed by atoms with Gasteiger partial charge in [-0.1, -0.05) is 32.6 Å². The number of rotatable bonds is 5. The van der Waals surface area contributed by atoms with Crippen molar-refractivity contribution in [2.75, 3.05) is 0 Å². The van der Waals surface area contributed by atoms with Crippen molar-refractivity contribution in [2.24, 2.45) is 0 Å². The van der Waals surface area contributed by atoms with Gasteiger partial charge in [0.25, 0.3) is 0 Å². The highest BCUT2D eigenvalue weighted by atomic mass is 28.4. The standard InChI is InChI=1S/C7H16F2Si/c1-3-4-5-6-7-10(2,8)9/h3-7H2,1-2H3. The van der Waals surface area contributed by atoms with Gasteiger partial charge in [0.2, 0.25) is 0 Å². The van der Waals surface area contributed by atoms with Crippen LogP contribution in [0.25, 0.3) is 0 Å². The van der Waals surface area contributed by atoms with E-state index in [1.54, 1.807) is 0 Å². The first-order valence-corrected chi connectivity index (χ1v) is 6.40. The van der Waals surface area contributed by atoms with E-state index < -0.39 is 8.74 Å². The van der Waals surface area contributed by atoms with Gasteiger partial charge in [-0.15, -0.1) is 0 Å². The van der Waals surface area contributed by atoms with E-state index in [9.17, 15) is 8.22 Å². The van der Waals surface area contributed by atoms with Crippen LogP contribution in [-0.2, 0) is 0 Å². The Morgan fingerprint density at radius 1 is 1.10 bits per heavy atom. The summed E-state index contributed by atoms with van der Waals surface area (Å²) in [5, 5.41) is 0. The maximum Gasteiger partial charge on any atom is 0.422 e. The maximum absolute atomic E-state index is 12.3. The van der Waals surface area contributed by atoms with Gasteiger partial charge in [-0.3, -0.25) is 8.22 Å². The summed E-state index contributed by atoms with van der Waals surface area (Å²) in [6, 6.07) is 0.188. The first kappa shape index (κ1) is 10.1. The summed E-state index contributed by atoms with van der Waals surface area (Å²) in [5.41, 5.74) is 0. The highest BCUT2D eigenvalue weighted by molar-refractivity contribution is 6.64. The van der Waals surface area contributed by atoms with E-state index in [-0.39, 0.29) is 6.04 Å². The zero-order valence-electron chi connectivity index (χ0n) is 6.79. The lowest BCUT2D eigenvalue weighted by Crippen LogP contribution is -2.15. The fourth-order valence-electron chi connectivity index (χ4n) is 0.862. The molecular weight excluding hydrogens is 150 g/mol. The van der Waals surface area contributed by atoms with Gasteiger partial charge >= 0.3 is 8.74 Å². The first-order chi connectivity index (χ1) is 4.56. The third kappa shape index (κ3) is 8.08. The Balaban J connectivity index is 3.04. The minimum atomic E-state index is -3.71. The van der Waals surface area contributed by atoms with Crippen molar-refractivity contribution >= 4 is 8.74 Å². The Hall–Kier alpha value is 0.0769. The zero-order valence-corrected chi connectivity index (χ0v) is 7.79. The predicted molar refractivity (Wildman–Crippen MR) is 42.8 cm³/mol. The minimum absolute atomic E-state index is 0.188. The SMILES string of the molecule is CCCCCC[Si](C)(F)F. The van der Waals surface area contributed by atoms with Crippen molar-refractivity contribution in [3.63, 3.8) is 0 Å². The molecule has 0 saturated carbocycles. The molecule has 0 aromatic rings. The van der Waals surface area contributed by atoms with Crippen LogP contribution in [0.3, 0.4) is 0 Å². The molecule has 0 aliphatic heterocycles. The molecule has 0 radical (unpaired) electrons. The second-order valence-electron chi connectivity index (χ2n) is 2.88. The van der Waals surface area contributed by atoms with Crippen LogP contribution in [0.1, 0.15) is 32.6 Å². The van der Waals surface area contributed by atoms with Crippen molar-refractivity contribution in [1.82, 2.24) is 0 Å². The van der Waals surface area contributed by atoms with Gasteiger partial charge in [-0.05, 0) is 12.6 Å². The fourth-order valence-corrected chi connectivity index (χ4v) is 1.73. The predicted octanol–water partition coefficient (Wildman–Crippen LogP) is 3.58. The smallest absolute Gasteiger partial charge is 0.271 e. The molecule has 0 nitrogen and oxygen atoms in total. The summed E-state index contributed by atoms with van der Waals surface area (Å²) in [6.45, 7) is 3.21. The van der Waals surface area contributed by atoms with Crippen molar-refractivity contribution in [2.45, 2.75) is 45.2 Å². The summed E-state index contributed by atoms with van der Waals surface area (Å²) in [7, 11) is -3.71. The second-order valence-corrected chi connectivity index (χ2v) is 5.52. The first-order valence-electron chi connectivity index (χ1n) is 3.94. The van der Waals surface area contributed by atoms with Crippen LogP contribution in [0.15, 0.2) is 0 Å². The van der Waals surface area contributed by atoms with Crippen molar-refractivity contribution < 1.29 is 8.22 Å². The molecule has 0 rings (SSSR count). The lowest BCUT2D eigenvalue weighted by molar-refractivity contribution is 0.584. The Morgan fingerprint density at radius 3 is 2.10 bits per heavy atom. The number of hydrogen-bond donors (Lipinski definition) is 0. The molecule has 0 aromatic carbocycles. The molecule has 0 atom stereocenters. The Labute approximate surface area is 63.0 Å². The van der Waals surface area contributed by atoms with Gasteiger partial charge in [0.15, 0.2) is 0 Å². The molecule has 0 saturated heterocycles. The van der Waals surface area contributed by atoms with Gasteiger partial charge < -0.3 is 0 Å². The van der Waals surface area contributed by atoms with E-state index in [1.165, 1.54) is 0 Å². The molecule has 10 heavy (non-hydrogen) atoms. The van der Waals surface area contributed by atoms with Crippen LogP contribution < -0.4 is 0 Å². The van der Waals surface area contributed by atoms with Gasteiger partial charge in [-0.2, -0.15) is 0 Å². The van der Waals surface area contributed by atoms with Crippen molar-refractivity contribution in [3.05, 3.63) is 0 Å². The summed E-state index contributed by atoms with van der Waals surface area (Å²) in [6.07, 6.45) is 3.93. The lowest BCUT2D eigenvalue weighted by atomic mass is 10.2. The summed E-state index contributed by atoms with van der Waals surface area (Å²) in [5.74, 6) is 0. The van der Waals surface area contributed by atoms with Crippen LogP contribution in [0.5, 0.6) is 0 Å². The summed E-state index contributed by atoms with van der Waals surface area (Å²) >= 11 is 0. The van der Waals surface area contributed by atoms with E-state index in [0.29, 0.717) is 0 Å². The quantitative estimate of drug-likeness (QED) is 0.333. The number of halogens is 2. The lowest BCUT2D eigenvalue weighted by Gasteiger charge is -2.04. The molecule has 62 valence electrons. The van der Waals surface area contributed by atoms with E-state index in [1.807, 2.05) is 0 Å². The summed E-state index contributed by atoms with van der Waals surface area (Å²) < 4.78 is 24.6. The zero-order chi connectivity index (χ0) is 8.04. The highest BCUT2D eigenvalue weighted by Gasteiger charge is 2.26. The summed E-state index contributed by atoms with van der Waals surface area (Å²) in [4.78, 5) is 0. The Kier molecular flexibility index (Phi) is 4.86. The van der Waals surface area contributed by atoms with Crippen LogP contribution in [0.2, 0.25) is 12.6 Å². The average molecular weight is 166 g/mol. The highest BCUT2D eigenvalue weighted by Crippen LogP contribution is 2.17. The molecule has 0 heterocycles. The molecule has 3 heteroatoms. The average Bonchev–Trinajstić information content (AvgIpc) is 1.78. The molecule has 0 aliphatic carbocycles. The Morgan fingerprint density at radius 2 is 1.70 bits per heavy atom. The normalized spacial score (nSPS) is 12.0. The van der Waals surface area contributed by atoms with Gasteiger partial charge in [0.1, 0.15) is 0 Å². The number of unbranched alkanes of at least 4 members (excludes halogenated alkanes) is 3. The van der Waals surface area contributed by atoms with Crippen LogP contribution >= 0.6 is 0 Å². The molecule has 0 aliphatic rings. The Bertz CT molecular complexity index is 78.2. The van der Waals surface area contributed by atoms with E-state index in [0.717, 1.165) is 32.2 Å². The van der Waals surface area contributed by atoms with Crippen LogP contribution in [0, 0.1) is 0 Å². The van der Waals surface area contributed by atoms with Crippen LogP contribution in [0.4, 0.5) is 8.22 Å². The van der Waals surface area contributed by atoms with E-state index >= 15 is 0 Å². The number of hydrogen-bond acceptors (Lipinski definition) is 0. The second kappa shape index (κ2) is 4.83. The maximum atomic E-state index is 12.3. The molecule has 0 N–H and O–H groups in total. The third-order valence-corrected chi connectivity index (χ3v) is 2.70. The van der Waals surface area contributed by atoms with Crippen molar-refractivity contribution in [1.29, 1.82) is 0 Å².